The number of sulfonamides is 1. The minimum Gasteiger partial charge on any atom is -0.207 e. The highest BCUT2D eigenvalue weighted by Gasteiger charge is 2.37. The van der Waals surface area contributed by atoms with Gasteiger partial charge in [-0.15, -0.1) is 0 Å². The van der Waals surface area contributed by atoms with Gasteiger partial charge in [-0.05, 0) is 41.3 Å². The van der Waals surface area contributed by atoms with Crippen molar-refractivity contribution in [1.29, 1.82) is 0 Å². The van der Waals surface area contributed by atoms with Gasteiger partial charge in [-0.2, -0.15) is 4.31 Å². The highest BCUT2D eigenvalue weighted by molar-refractivity contribution is 9.10. The van der Waals surface area contributed by atoms with Crippen LogP contribution in [0.4, 0.5) is 8.78 Å². The van der Waals surface area contributed by atoms with Crippen LogP contribution in [0.3, 0.4) is 0 Å². The molecule has 1 aromatic carbocycles. The third-order valence-corrected chi connectivity index (χ3v) is 6.24. The Morgan fingerprint density at radius 2 is 2.11 bits per heavy atom. The van der Waals surface area contributed by atoms with Gasteiger partial charge >= 0.3 is 0 Å². The van der Waals surface area contributed by atoms with E-state index in [4.69, 9.17) is 0 Å². The Kier molecular flexibility index (Phi) is 4.27. The molecule has 1 aliphatic rings. The normalized spacial score (nSPS) is 20.9. The zero-order valence-electron chi connectivity index (χ0n) is 10.4. The van der Waals surface area contributed by atoms with E-state index in [-0.39, 0.29) is 10.5 Å². The van der Waals surface area contributed by atoms with Crippen LogP contribution in [-0.2, 0) is 10.0 Å². The van der Waals surface area contributed by atoms with Crippen LogP contribution in [0.15, 0.2) is 21.5 Å². The van der Waals surface area contributed by atoms with E-state index < -0.39 is 26.6 Å². The summed E-state index contributed by atoms with van der Waals surface area (Å²) in [5, 5.41) is 0. The predicted molar refractivity (Wildman–Crippen MR) is 71.3 cm³/mol. The number of nitrogens with zero attached hydrogens (tertiary/aromatic N) is 1. The van der Waals surface area contributed by atoms with Crippen LogP contribution >= 0.6 is 15.9 Å². The number of halogens is 3. The molecule has 1 atom stereocenters. The van der Waals surface area contributed by atoms with E-state index in [0.717, 1.165) is 18.9 Å². The van der Waals surface area contributed by atoms with Gasteiger partial charge in [0, 0.05) is 23.1 Å². The van der Waals surface area contributed by atoms with Crippen molar-refractivity contribution in [2.75, 3.05) is 6.54 Å². The molecule has 1 unspecified atom stereocenters. The topological polar surface area (TPSA) is 37.4 Å². The minimum atomic E-state index is -3.93. The molecular weight excluding hydrogens is 340 g/mol. The molecule has 1 aliphatic heterocycles. The van der Waals surface area contributed by atoms with Gasteiger partial charge in [-0.25, -0.2) is 17.2 Å². The van der Waals surface area contributed by atoms with E-state index in [1.165, 1.54) is 4.31 Å². The molecule has 3 nitrogen and oxygen atoms in total. The number of benzene rings is 1. The van der Waals surface area contributed by atoms with Gasteiger partial charge in [0.15, 0.2) is 0 Å². The van der Waals surface area contributed by atoms with Crippen molar-refractivity contribution in [2.24, 2.45) is 0 Å². The molecule has 19 heavy (non-hydrogen) atoms. The molecule has 2 rings (SSSR count). The maximum Gasteiger partial charge on any atom is 0.247 e. The van der Waals surface area contributed by atoms with E-state index in [1.54, 1.807) is 0 Å². The quantitative estimate of drug-likeness (QED) is 0.835. The number of hydrogen-bond donors (Lipinski definition) is 0. The lowest BCUT2D eigenvalue weighted by Gasteiger charge is -2.23. The minimum absolute atomic E-state index is 0.0771. The van der Waals surface area contributed by atoms with Crippen molar-refractivity contribution in [3.63, 3.8) is 0 Å². The van der Waals surface area contributed by atoms with E-state index in [2.05, 4.69) is 15.9 Å². The van der Waals surface area contributed by atoms with Crippen LogP contribution in [0.2, 0.25) is 0 Å². The highest BCUT2D eigenvalue weighted by atomic mass is 79.9. The summed E-state index contributed by atoms with van der Waals surface area (Å²) < 4.78 is 53.1. The van der Waals surface area contributed by atoms with Crippen LogP contribution in [0.1, 0.15) is 26.2 Å². The van der Waals surface area contributed by atoms with Crippen LogP contribution in [0.5, 0.6) is 0 Å². The summed E-state index contributed by atoms with van der Waals surface area (Å²) in [5.74, 6) is -1.87. The van der Waals surface area contributed by atoms with Crippen LogP contribution in [-0.4, -0.2) is 25.3 Å². The lowest BCUT2D eigenvalue weighted by molar-refractivity contribution is 0.376. The second-order valence-corrected chi connectivity index (χ2v) is 7.20. The molecular formula is C12H14BrF2NO2S. The lowest BCUT2D eigenvalue weighted by atomic mass is 10.2. The Hall–Kier alpha value is -0.530. The second-order valence-electron chi connectivity index (χ2n) is 4.52. The Balaban J connectivity index is 2.51. The van der Waals surface area contributed by atoms with Gasteiger partial charge < -0.3 is 0 Å². The Labute approximate surface area is 119 Å². The molecule has 1 saturated heterocycles. The van der Waals surface area contributed by atoms with E-state index in [1.807, 2.05) is 6.92 Å². The van der Waals surface area contributed by atoms with Crippen molar-refractivity contribution in [3.8, 4) is 0 Å². The second kappa shape index (κ2) is 5.46. The van der Waals surface area contributed by atoms with E-state index in [9.17, 15) is 17.2 Å². The SMILES string of the molecule is CCC1CCCN1S(=O)(=O)c1c(F)cc(F)cc1Br. The van der Waals surface area contributed by atoms with Crippen LogP contribution in [0.25, 0.3) is 0 Å². The molecule has 0 spiro atoms. The van der Waals surface area contributed by atoms with Crippen LogP contribution in [0, 0.1) is 11.6 Å². The standard InChI is InChI=1S/C12H14BrF2NO2S/c1-2-9-4-3-5-16(9)19(17,18)12-10(13)6-8(14)7-11(12)15/h6-7,9H,2-5H2,1H3. The maximum absolute atomic E-state index is 13.8. The summed E-state index contributed by atoms with van der Waals surface area (Å²) in [6.07, 6.45) is 2.22. The van der Waals surface area contributed by atoms with Gasteiger partial charge in [-0.1, -0.05) is 6.92 Å². The van der Waals surface area contributed by atoms with Crippen molar-refractivity contribution < 1.29 is 17.2 Å². The number of hydrogen-bond acceptors (Lipinski definition) is 2. The van der Waals surface area contributed by atoms with E-state index >= 15 is 0 Å². The Bertz CT molecular complexity index is 568. The molecule has 0 amide bonds. The summed E-state index contributed by atoms with van der Waals surface area (Å²) in [6.45, 7) is 2.28. The fourth-order valence-corrected chi connectivity index (χ4v) is 5.31. The zero-order chi connectivity index (χ0) is 14.2. The zero-order valence-corrected chi connectivity index (χ0v) is 12.8. The molecule has 0 aromatic heterocycles. The molecule has 106 valence electrons. The van der Waals surface area contributed by atoms with Crippen molar-refractivity contribution in [3.05, 3.63) is 28.2 Å². The van der Waals surface area contributed by atoms with Crippen molar-refractivity contribution in [2.45, 2.75) is 37.1 Å². The Morgan fingerprint density at radius 1 is 1.42 bits per heavy atom. The first kappa shape index (κ1) is 14.9. The van der Waals surface area contributed by atoms with Gasteiger partial charge in [0.2, 0.25) is 10.0 Å². The summed E-state index contributed by atoms with van der Waals surface area (Å²) in [7, 11) is -3.93. The summed E-state index contributed by atoms with van der Waals surface area (Å²) in [6, 6.07) is 1.45. The van der Waals surface area contributed by atoms with Crippen LogP contribution < -0.4 is 0 Å². The van der Waals surface area contributed by atoms with Gasteiger partial charge in [0.1, 0.15) is 16.5 Å². The fraction of sp³-hybridized carbons (Fsp3) is 0.500. The first-order valence-corrected chi connectivity index (χ1v) is 8.27. The highest BCUT2D eigenvalue weighted by Crippen LogP contribution is 2.33. The van der Waals surface area contributed by atoms with Gasteiger partial charge in [-0.3, -0.25) is 0 Å². The van der Waals surface area contributed by atoms with Crippen molar-refractivity contribution in [1.82, 2.24) is 4.31 Å². The average Bonchev–Trinajstić information content (AvgIpc) is 2.75. The largest absolute Gasteiger partial charge is 0.247 e. The third-order valence-electron chi connectivity index (χ3n) is 3.32. The maximum atomic E-state index is 13.8. The fourth-order valence-electron chi connectivity index (χ4n) is 2.43. The van der Waals surface area contributed by atoms with Gasteiger partial charge in [0.25, 0.3) is 0 Å². The smallest absolute Gasteiger partial charge is 0.207 e. The Morgan fingerprint density at radius 3 is 2.68 bits per heavy atom. The average molecular weight is 354 g/mol. The summed E-state index contributed by atoms with van der Waals surface area (Å²) >= 11 is 2.94. The molecule has 0 bridgehead atoms. The monoisotopic (exact) mass is 353 g/mol. The molecule has 0 saturated carbocycles. The van der Waals surface area contributed by atoms with E-state index in [0.29, 0.717) is 19.0 Å². The summed E-state index contributed by atoms with van der Waals surface area (Å²) in [5.41, 5.74) is 0. The lowest BCUT2D eigenvalue weighted by Crippen LogP contribution is -2.35. The van der Waals surface area contributed by atoms with Gasteiger partial charge in [0.05, 0.1) is 0 Å². The first-order valence-electron chi connectivity index (χ1n) is 6.04. The molecule has 0 radical (unpaired) electrons. The molecule has 0 aliphatic carbocycles. The predicted octanol–water partition coefficient (Wildman–Crippen LogP) is 3.29. The number of rotatable bonds is 3. The molecule has 7 heteroatoms. The molecule has 0 N–H and O–H groups in total. The molecule has 1 aromatic rings. The first-order chi connectivity index (χ1) is 8.87. The molecule has 1 fully saturated rings. The third kappa shape index (κ3) is 2.68. The van der Waals surface area contributed by atoms with Crippen molar-refractivity contribution >= 4 is 26.0 Å². The molecule has 1 heterocycles. The summed E-state index contributed by atoms with van der Waals surface area (Å²) in [4.78, 5) is -0.478.